The van der Waals surface area contributed by atoms with Crippen LogP contribution in [0.2, 0.25) is 0 Å². The molecule has 0 bridgehead atoms. The summed E-state index contributed by atoms with van der Waals surface area (Å²) in [7, 11) is 0. The number of carboxylic acid groups (broad SMARTS) is 1. The van der Waals surface area contributed by atoms with Gasteiger partial charge in [-0.15, -0.1) is 11.8 Å². The molecule has 0 fully saturated rings. The van der Waals surface area contributed by atoms with E-state index in [0.717, 1.165) is 10.5 Å². The van der Waals surface area contributed by atoms with E-state index in [9.17, 15) is 9.90 Å². The molecule has 0 heterocycles. The number of carbonyl (C=O) groups is 1. The summed E-state index contributed by atoms with van der Waals surface area (Å²) in [6, 6.07) is 19.5. The van der Waals surface area contributed by atoms with Crippen molar-refractivity contribution in [3.8, 4) is 0 Å². The standard InChI is InChI=1S/C17H18O2S/c1-2-17(16(18)19,14-9-5-3-6-10-14)13-20-15-11-7-4-8-12-15/h3-12H,2,13H2,1H3,(H,18,19). The molecule has 1 unspecified atom stereocenters. The smallest absolute Gasteiger partial charge is 0.314 e. The Hall–Kier alpha value is -1.74. The predicted molar refractivity (Wildman–Crippen MR) is 83.2 cm³/mol. The van der Waals surface area contributed by atoms with Crippen LogP contribution in [0.4, 0.5) is 0 Å². The summed E-state index contributed by atoms with van der Waals surface area (Å²) in [6.07, 6.45) is 0.576. The Morgan fingerprint density at radius 2 is 1.60 bits per heavy atom. The fraction of sp³-hybridized carbons (Fsp3) is 0.235. The molecule has 0 spiro atoms. The van der Waals surface area contributed by atoms with Crippen molar-refractivity contribution in [2.45, 2.75) is 23.7 Å². The van der Waals surface area contributed by atoms with Crippen LogP contribution in [0, 0.1) is 0 Å². The Balaban J connectivity index is 2.26. The molecule has 2 aromatic carbocycles. The second kappa shape index (κ2) is 6.62. The molecule has 1 atom stereocenters. The normalized spacial score (nSPS) is 13.7. The van der Waals surface area contributed by atoms with Crippen LogP contribution in [0.5, 0.6) is 0 Å². The van der Waals surface area contributed by atoms with E-state index < -0.39 is 11.4 Å². The summed E-state index contributed by atoms with van der Waals surface area (Å²) >= 11 is 1.59. The van der Waals surface area contributed by atoms with Gasteiger partial charge in [0.1, 0.15) is 5.41 Å². The average Bonchev–Trinajstić information content (AvgIpc) is 2.50. The number of benzene rings is 2. The third kappa shape index (κ3) is 3.05. The summed E-state index contributed by atoms with van der Waals surface area (Å²) in [4.78, 5) is 13.0. The minimum Gasteiger partial charge on any atom is -0.481 e. The zero-order valence-electron chi connectivity index (χ0n) is 11.5. The minimum absolute atomic E-state index is 0.535. The molecule has 3 heteroatoms. The molecule has 104 valence electrons. The average molecular weight is 286 g/mol. The largest absolute Gasteiger partial charge is 0.481 e. The molecule has 2 aromatic rings. The quantitative estimate of drug-likeness (QED) is 0.808. The fourth-order valence-corrected chi connectivity index (χ4v) is 3.46. The summed E-state index contributed by atoms with van der Waals surface area (Å²) in [5, 5.41) is 9.74. The van der Waals surface area contributed by atoms with Gasteiger partial charge < -0.3 is 5.11 Å². The van der Waals surface area contributed by atoms with Gasteiger partial charge in [0, 0.05) is 10.6 Å². The van der Waals surface area contributed by atoms with E-state index in [0.29, 0.717) is 12.2 Å². The topological polar surface area (TPSA) is 37.3 Å². The molecular weight excluding hydrogens is 268 g/mol. The van der Waals surface area contributed by atoms with Gasteiger partial charge in [0.05, 0.1) is 0 Å². The molecule has 0 saturated heterocycles. The van der Waals surface area contributed by atoms with Crippen LogP contribution in [-0.4, -0.2) is 16.8 Å². The van der Waals surface area contributed by atoms with Crippen molar-refractivity contribution in [3.05, 3.63) is 66.2 Å². The van der Waals surface area contributed by atoms with Gasteiger partial charge in [0.25, 0.3) is 0 Å². The maximum absolute atomic E-state index is 11.9. The van der Waals surface area contributed by atoms with E-state index in [-0.39, 0.29) is 0 Å². The lowest BCUT2D eigenvalue weighted by atomic mass is 9.80. The molecule has 0 radical (unpaired) electrons. The number of aliphatic carboxylic acids is 1. The van der Waals surface area contributed by atoms with Gasteiger partial charge >= 0.3 is 5.97 Å². The lowest BCUT2D eigenvalue weighted by molar-refractivity contribution is -0.143. The SMILES string of the molecule is CCC(CSc1ccccc1)(C(=O)O)c1ccccc1. The Morgan fingerprint density at radius 1 is 1.05 bits per heavy atom. The van der Waals surface area contributed by atoms with Crippen LogP contribution in [0.3, 0.4) is 0 Å². The minimum atomic E-state index is -0.832. The number of hydrogen-bond acceptors (Lipinski definition) is 2. The summed E-state index contributed by atoms with van der Waals surface area (Å²) < 4.78 is 0. The van der Waals surface area contributed by atoms with E-state index in [2.05, 4.69) is 0 Å². The maximum atomic E-state index is 11.9. The van der Waals surface area contributed by atoms with Gasteiger partial charge in [0.2, 0.25) is 0 Å². The maximum Gasteiger partial charge on any atom is 0.314 e. The molecule has 0 aliphatic carbocycles. The third-order valence-electron chi connectivity index (χ3n) is 3.57. The third-order valence-corrected chi connectivity index (χ3v) is 4.81. The first-order chi connectivity index (χ1) is 9.69. The van der Waals surface area contributed by atoms with Gasteiger partial charge in [-0.05, 0) is 24.1 Å². The molecule has 0 aliphatic heterocycles. The Bertz CT molecular complexity index is 554. The summed E-state index contributed by atoms with van der Waals surface area (Å²) in [5.74, 6) is -0.220. The van der Waals surface area contributed by atoms with Crippen LogP contribution < -0.4 is 0 Å². The monoisotopic (exact) mass is 286 g/mol. The van der Waals surface area contributed by atoms with Gasteiger partial charge in [-0.2, -0.15) is 0 Å². The number of carboxylic acids is 1. The Kier molecular flexibility index (Phi) is 4.85. The summed E-state index contributed by atoms with van der Waals surface area (Å²) in [5.41, 5.74) is 0.0420. The molecule has 0 aliphatic rings. The van der Waals surface area contributed by atoms with E-state index in [1.807, 2.05) is 67.6 Å². The van der Waals surface area contributed by atoms with E-state index in [1.54, 1.807) is 11.8 Å². The van der Waals surface area contributed by atoms with Crippen molar-refractivity contribution >= 4 is 17.7 Å². The highest BCUT2D eigenvalue weighted by Gasteiger charge is 2.38. The van der Waals surface area contributed by atoms with Gasteiger partial charge in [0.15, 0.2) is 0 Å². The predicted octanol–water partition coefficient (Wildman–Crippen LogP) is 4.21. The molecule has 0 aromatic heterocycles. The second-order valence-electron chi connectivity index (χ2n) is 4.71. The molecule has 2 nitrogen and oxygen atoms in total. The number of thioether (sulfide) groups is 1. The molecule has 20 heavy (non-hydrogen) atoms. The van der Waals surface area contributed by atoms with Gasteiger partial charge in [-0.1, -0.05) is 55.5 Å². The van der Waals surface area contributed by atoms with Gasteiger partial charge in [-0.3, -0.25) is 4.79 Å². The molecular formula is C17H18O2S. The Morgan fingerprint density at radius 3 is 2.10 bits per heavy atom. The van der Waals surface area contributed by atoms with Crippen LogP contribution in [-0.2, 0) is 10.2 Å². The molecule has 0 amide bonds. The van der Waals surface area contributed by atoms with Crippen LogP contribution in [0.15, 0.2) is 65.6 Å². The highest BCUT2D eigenvalue weighted by atomic mass is 32.2. The van der Waals surface area contributed by atoms with Crippen molar-refractivity contribution in [2.75, 3.05) is 5.75 Å². The van der Waals surface area contributed by atoms with Crippen molar-refractivity contribution in [1.29, 1.82) is 0 Å². The van der Waals surface area contributed by atoms with Gasteiger partial charge in [-0.25, -0.2) is 0 Å². The number of rotatable bonds is 6. The first-order valence-electron chi connectivity index (χ1n) is 6.66. The second-order valence-corrected chi connectivity index (χ2v) is 5.76. The van der Waals surface area contributed by atoms with Crippen molar-refractivity contribution in [1.82, 2.24) is 0 Å². The highest BCUT2D eigenvalue weighted by molar-refractivity contribution is 7.99. The zero-order valence-corrected chi connectivity index (χ0v) is 12.3. The highest BCUT2D eigenvalue weighted by Crippen LogP contribution is 2.34. The molecule has 1 N–H and O–H groups in total. The lowest BCUT2D eigenvalue weighted by Crippen LogP contribution is -2.37. The van der Waals surface area contributed by atoms with E-state index in [1.165, 1.54) is 0 Å². The molecule has 0 saturated carbocycles. The summed E-state index contributed by atoms with van der Waals surface area (Å²) in [6.45, 7) is 1.94. The Labute approximate surface area is 123 Å². The number of hydrogen-bond donors (Lipinski definition) is 1. The van der Waals surface area contributed by atoms with Crippen LogP contribution in [0.25, 0.3) is 0 Å². The van der Waals surface area contributed by atoms with E-state index >= 15 is 0 Å². The first kappa shape index (κ1) is 14.7. The van der Waals surface area contributed by atoms with Crippen LogP contribution in [0.1, 0.15) is 18.9 Å². The van der Waals surface area contributed by atoms with Crippen molar-refractivity contribution < 1.29 is 9.90 Å². The molecule has 2 rings (SSSR count). The zero-order chi connectivity index (χ0) is 14.4. The fourth-order valence-electron chi connectivity index (χ4n) is 2.21. The first-order valence-corrected chi connectivity index (χ1v) is 7.64. The van der Waals surface area contributed by atoms with Crippen LogP contribution >= 0.6 is 11.8 Å². The lowest BCUT2D eigenvalue weighted by Gasteiger charge is -2.28. The van der Waals surface area contributed by atoms with E-state index in [4.69, 9.17) is 0 Å². The van der Waals surface area contributed by atoms with Crippen molar-refractivity contribution in [3.63, 3.8) is 0 Å². The van der Waals surface area contributed by atoms with Crippen molar-refractivity contribution in [2.24, 2.45) is 0 Å².